The predicted octanol–water partition coefficient (Wildman–Crippen LogP) is 3.85. The number of benzene rings is 2. The topological polar surface area (TPSA) is 43.4 Å². The number of methoxy groups -OCH3 is 1. The lowest BCUT2D eigenvalue weighted by molar-refractivity contribution is 0.0916. The zero-order valence-corrected chi connectivity index (χ0v) is 12.3. The molecule has 108 valence electrons. The molecular formula is C18H18O3. The normalized spacial score (nSPS) is 10.2. The van der Waals surface area contributed by atoms with Gasteiger partial charge in [-0.2, -0.15) is 0 Å². The Bertz CT molecular complexity index is 659. The van der Waals surface area contributed by atoms with Crippen LogP contribution in [0, 0.1) is 6.92 Å². The van der Waals surface area contributed by atoms with E-state index in [0.29, 0.717) is 16.9 Å². The Morgan fingerprint density at radius 1 is 0.952 bits per heavy atom. The molecule has 0 bridgehead atoms. The predicted molar refractivity (Wildman–Crippen MR) is 82.1 cm³/mol. The van der Waals surface area contributed by atoms with Gasteiger partial charge in [0, 0.05) is 18.4 Å². The quantitative estimate of drug-likeness (QED) is 0.756. The summed E-state index contributed by atoms with van der Waals surface area (Å²) in [6.45, 7) is 1.94. The van der Waals surface area contributed by atoms with Gasteiger partial charge in [-0.05, 0) is 25.1 Å². The Balaban J connectivity index is 2.02. The van der Waals surface area contributed by atoms with E-state index < -0.39 is 0 Å². The maximum atomic E-state index is 12.2. The second kappa shape index (κ2) is 6.84. The lowest BCUT2D eigenvalue weighted by atomic mass is 10.00. The lowest BCUT2D eigenvalue weighted by Crippen LogP contribution is -2.06. The van der Waals surface area contributed by atoms with Gasteiger partial charge in [-0.15, -0.1) is 0 Å². The fraction of sp³-hybridized carbons (Fsp3) is 0.222. The maximum absolute atomic E-state index is 12.2. The molecule has 0 saturated carbocycles. The fourth-order valence-electron chi connectivity index (χ4n) is 2.20. The van der Waals surface area contributed by atoms with Crippen LogP contribution in [0.2, 0.25) is 0 Å². The van der Waals surface area contributed by atoms with Crippen molar-refractivity contribution in [3.63, 3.8) is 0 Å². The molecule has 0 aliphatic heterocycles. The molecule has 0 aromatic heterocycles. The molecular weight excluding hydrogens is 264 g/mol. The van der Waals surface area contributed by atoms with Gasteiger partial charge < -0.3 is 4.74 Å². The zero-order valence-electron chi connectivity index (χ0n) is 12.3. The fourth-order valence-corrected chi connectivity index (χ4v) is 2.20. The first-order valence-corrected chi connectivity index (χ1v) is 6.88. The van der Waals surface area contributed by atoms with E-state index in [9.17, 15) is 9.59 Å². The van der Waals surface area contributed by atoms with E-state index in [2.05, 4.69) is 0 Å². The molecule has 0 spiro atoms. The van der Waals surface area contributed by atoms with E-state index in [1.807, 2.05) is 31.2 Å². The Morgan fingerprint density at radius 2 is 1.67 bits per heavy atom. The lowest BCUT2D eigenvalue weighted by Gasteiger charge is -2.07. The molecule has 0 aliphatic rings. The number of Topliss-reactive ketones (excluding diaryl/α,β-unsaturated/α-hetero) is 2. The van der Waals surface area contributed by atoms with E-state index in [1.54, 1.807) is 24.3 Å². The first-order chi connectivity index (χ1) is 10.1. The van der Waals surface area contributed by atoms with Crippen LogP contribution in [0.15, 0.2) is 48.5 Å². The van der Waals surface area contributed by atoms with Crippen LogP contribution in [0.4, 0.5) is 0 Å². The molecule has 0 heterocycles. The molecule has 2 rings (SSSR count). The highest BCUT2D eigenvalue weighted by atomic mass is 16.5. The number of rotatable bonds is 6. The standard InChI is InChI=1S/C18H18O3/c1-13-6-5-7-14(12-13)16(19)10-11-17(20)15-8-3-4-9-18(15)21-2/h3-9,12H,10-11H2,1-2H3. The summed E-state index contributed by atoms with van der Waals surface area (Å²) in [7, 11) is 1.53. The van der Waals surface area contributed by atoms with E-state index in [0.717, 1.165) is 5.56 Å². The highest BCUT2D eigenvalue weighted by Gasteiger charge is 2.14. The maximum Gasteiger partial charge on any atom is 0.167 e. The molecule has 2 aromatic rings. The van der Waals surface area contributed by atoms with Crippen molar-refractivity contribution in [2.45, 2.75) is 19.8 Å². The average molecular weight is 282 g/mol. The summed E-state index contributed by atoms with van der Waals surface area (Å²) in [6.07, 6.45) is 0.396. The van der Waals surface area contributed by atoms with Crippen molar-refractivity contribution in [1.82, 2.24) is 0 Å². The molecule has 0 radical (unpaired) electrons. The van der Waals surface area contributed by atoms with Gasteiger partial charge in [0.15, 0.2) is 11.6 Å². The van der Waals surface area contributed by atoms with Gasteiger partial charge >= 0.3 is 0 Å². The van der Waals surface area contributed by atoms with Crippen molar-refractivity contribution in [1.29, 1.82) is 0 Å². The van der Waals surface area contributed by atoms with Gasteiger partial charge in [0.25, 0.3) is 0 Å². The monoisotopic (exact) mass is 282 g/mol. The molecule has 21 heavy (non-hydrogen) atoms. The van der Waals surface area contributed by atoms with Crippen LogP contribution in [0.3, 0.4) is 0 Å². The van der Waals surface area contributed by atoms with Crippen molar-refractivity contribution >= 4 is 11.6 Å². The third-order valence-electron chi connectivity index (χ3n) is 3.33. The van der Waals surface area contributed by atoms with Gasteiger partial charge in [0.05, 0.1) is 12.7 Å². The molecule has 3 nitrogen and oxygen atoms in total. The average Bonchev–Trinajstić information content (AvgIpc) is 2.52. The van der Waals surface area contributed by atoms with Crippen LogP contribution < -0.4 is 4.74 Å². The number of ketones is 2. The largest absolute Gasteiger partial charge is 0.496 e. The second-order valence-corrected chi connectivity index (χ2v) is 4.92. The van der Waals surface area contributed by atoms with Gasteiger partial charge in [-0.1, -0.05) is 35.9 Å². The minimum atomic E-state index is -0.0755. The molecule has 0 amide bonds. The number of para-hydroxylation sites is 1. The van der Waals surface area contributed by atoms with Crippen molar-refractivity contribution in [3.05, 3.63) is 65.2 Å². The highest BCUT2D eigenvalue weighted by molar-refractivity contribution is 6.03. The van der Waals surface area contributed by atoms with Crippen LogP contribution >= 0.6 is 0 Å². The van der Waals surface area contributed by atoms with Gasteiger partial charge in [0.1, 0.15) is 5.75 Å². The van der Waals surface area contributed by atoms with Crippen molar-refractivity contribution in [3.8, 4) is 5.75 Å². The third-order valence-corrected chi connectivity index (χ3v) is 3.33. The summed E-state index contributed by atoms with van der Waals surface area (Å²) in [5.74, 6) is 0.459. The van der Waals surface area contributed by atoms with Crippen LogP contribution in [0.1, 0.15) is 39.1 Å². The summed E-state index contributed by atoms with van der Waals surface area (Å²) in [5, 5.41) is 0. The Morgan fingerprint density at radius 3 is 2.38 bits per heavy atom. The minimum Gasteiger partial charge on any atom is -0.496 e. The summed E-state index contributed by atoms with van der Waals surface area (Å²) in [5.41, 5.74) is 2.22. The molecule has 0 atom stereocenters. The summed E-state index contributed by atoms with van der Waals surface area (Å²) in [4.78, 5) is 24.3. The zero-order chi connectivity index (χ0) is 15.2. The minimum absolute atomic E-state index is 0.0121. The van der Waals surface area contributed by atoms with Gasteiger partial charge in [-0.25, -0.2) is 0 Å². The van der Waals surface area contributed by atoms with Crippen LogP contribution in [-0.4, -0.2) is 18.7 Å². The molecule has 2 aromatic carbocycles. The highest BCUT2D eigenvalue weighted by Crippen LogP contribution is 2.20. The number of hydrogen-bond acceptors (Lipinski definition) is 3. The van der Waals surface area contributed by atoms with Crippen molar-refractivity contribution in [2.75, 3.05) is 7.11 Å². The number of hydrogen-bond donors (Lipinski definition) is 0. The smallest absolute Gasteiger partial charge is 0.167 e. The summed E-state index contributed by atoms with van der Waals surface area (Å²) >= 11 is 0. The first-order valence-electron chi connectivity index (χ1n) is 6.88. The van der Waals surface area contributed by atoms with E-state index in [-0.39, 0.29) is 24.4 Å². The molecule has 0 fully saturated rings. The number of aryl methyl sites for hydroxylation is 1. The van der Waals surface area contributed by atoms with Crippen molar-refractivity contribution < 1.29 is 14.3 Å². The number of ether oxygens (including phenoxy) is 1. The van der Waals surface area contributed by atoms with Crippen LogP contribution in [0.5, 0.6) is 5.75 Å². The van der Waals surface area contributed by atoms with Crippen LogP contribution in [0.25, 0.3) is 0 Å². The number of carbonyl (C=O) groups is 2. The second-order valence-electron chi connectivity index (χ2n) is 4.92. The number of carbonyl (C=O) groups excluding carboxylic acids is 2. The molecule has 3 heteroatoms. The Hall–Kier alpha value is -2.42. The third kappa shape index (κ3) is 3.78. The molecule has 0 N–H and O–H groups in total. The summed E-state index contributed by atoms with van der Waals surface area (Å²) in [6, 6.07) is 14.5. The van der Waals surface area contributed by atoms with Crippen LogP contribution in [-0.2, 0) is 0 Å². The Kier molecular flexibility index (Phi) is 4.88. The molecule has 0 aliphatic carbocycles. The van der Waals surface area contributed by atoms with E-state index in [1.165, 1.54) is 7.11 Å². The van der Waals surface area contributed by atoms with E-state index >= 15 is 0 Å². The Labute approximate surface area is 124 Å². The first kappa shape index (κ1) is 15.0. The van der Waals surface area contributed by atoms with Gasteiger partial charge in [0.2, 0.25) is 0 Å². The van der Waals surface area contributed by atoms with Crippen molar-refractivity contribution in [2.24, 2.45) is 0 Å². The summed E-state index contributed by atoms with van der Waals surface area (Å²) < 4.78 is 5.17. The van der Waals surface area contributed by atoms with Gasteiger partial charge in [-0.3, -0.25) is 9.59 Å². The SMILES string of the molecule is COc1ccccc1C(=O)CCC(=O)c1cccc(C)c1. The van der Waals surface area contributed by atoms with E-state index in [4.69, 9.17) is 4.74 Å². The molecule has 0 saturated heterocycles. The molecule has 0 unspecified atom stereocenters.